The van der Waals surface area contributed by atoms with Crippen molar-refractivity contribution in [2.45, 2.75) is 19.8 Å². The molecule has 0 saturated heterocycles. The van der Waals surface area contributed by atoms with Gasteiger partial charge in [0.25, 0.3) is 0 Å². The first-order chi connectivity index (χ1) is 8.61. The first-order valence-corrected chi connectivity index (χ1v) is 6.42. The van der Waals surface area contributed by atoms with Crippen molar-refractivity contribution in [3.8, 4) is 6.07 Å². The van der Waals surface area contributed by atoms with Gasteiger partial charge in [0.1, 0.15) is 5.01 Å². The van der Waals surface area contributed by atoms with Crippen LogP contribution < -0.4 is 0 Å². The van der Waals surface area contributed by atoms with Crippen LogP contribution >= 0.6 is 11.3 Å². The topological polar surface area (TPSA) is 53.8 Å². The van der Waals surface area contributed by atoms with Gasteiger partial charge in [0.15, 0.2) is 11.7 Å². The number of carbonyl (C=O) groups excluding carboxylic acids is 1. The number of carbonyl (C=O) groups is 1. The van der Waals surface area contributed by atoms with Crippen LogP contribution in [0.5, 0.6) is 0 Å². The quantitative estimate of drug-likeness (QED) is 0.792. The molecule has 4 heteroatoms. The molecular formula is C14H12N2OS. The highest BCUT2D eigenvalue weighted by atomic mass is 32.1. The van der Waals surface area contributed by atoms with Gasteiger partial charge in [-0.05, 0) is 19.9 Å². The first kappa shape index (κ1) is 12.5. The minimum absolute atomic E-state index is 0.185. The third kappa shape index (κ3) is 2.47. The lowest BCUT2D eigenvalue weighted by Gasteiger charge is -2.05. The van der Waals surface area contributed by atoms with Crippen LogP contribution in [0.25, 0.3) is 0 Å². The molecule has 0 aliphatic rings. The molecule has 0 N–H and O–H groups in total. The molecule has 0 fully saturated rings. The maximum Gasteiger partial charge on any atom is 0.186 e. The lowest BCUT2D eigenvalue weighted by Crippen LogP contribution is -2.11. The summed E-state index contributed by atoms with van der Waals surface area (Å²) in [6.45, 7) is 3.78. The summed E-state index contributed by atoms with van der Waals surface area (Å²) in [6.07, 6.45) is 0. The number of rotatable bonds is 3. The van der Waals surface area contributed by atoms with Crippen molar-refractivity contribution in [3.63, 3.8) is 0 Å². The molecule has 0 radical (unpaired) electrons. The monoisotopic (exact) mass is 256 g/mol. The minimum atomic E-state index is -0.800. The number of aryl methyl sites for hydroxylation is 2. The summed E-state index contributed by atoms with van der Waals surface area (Å²) in [5.74, 6) is -0.985. The summed E-state index contributed by atoms with van der Waals surface area (Å²) < 4.78 is 0. The van der Waals surface area contributed by atoms with E-state index in [1.54, 1.807) is 12.1 Å². The van der Waals surface area contributed by atoms with E-state index in [0.29, 0.717) is 10.6 Å². The van der Waals surface area contributed by atoms with E-state index in [2.05, 4.69) is 4.98 Å². The molecule has 2 rings (SSSR count). The normalized spacial score (nSPS) is 11.8. The first-order valence-electron chi connectivity index (χ1n) is 5.54. The molecule has 0 spiro atoms. The minimum Gasteiger partial charge on any atom is -0.292 e. The molecule has 1 unspecified atom stereocenters. The van der Waals surface area contributed by atoms with Crippen molar-refractivity contribution in [1.29, 1.82) is 5.26 Å². The van der Waals surface area contributed by atoms with E-state index >= 15 is 0 Å². The fraction of sp³-hybridized carbons (Fsp3) is 0.214. The Labute approximate surface area is 110 Å². The number of nitrogens with zero attached hydrogens (tertiary/aromatic N) is 2. The lowest BCUT2D eigenvalue weighted by atomic mass is 9.98. The Bertz CT molecular complexity index is 625. The molecule has 1 heterocycles. The van der Waals surface area contributed by atoms with Crippen molar-refractivity contribution in [1.82, 2.24) is 4.98 Å². The number of hydrogen-bond acceptors (Lipinski definition) is 4. The maximum absolute atomic E-state index is 12.3. The van der Waals surface area contributed by atoms with Crippen LogP contribution in [0.3, 0.4) is 0 Å². The van der Waals surface area contributed by atoms with E-state index in [4.69, 9.17) is 0 Å². The predicted molar refractivity (Wildman–Crippen MR) is 70.7 cm³/mol. The molecule has 2 aromatic rings. The molecule has 1 aromatic heterocycles. The zero-order valence-electron chi connectivity index (χ0n) is 10.2. The molecule has 1 atom stereocenters. The van der Waals surface area contributed by atoms with Gasteiger partial charge in [-0.1, -0.05) is 23.8 Å². The van der Waals surface area contributed by atoms with Gasteiger partial charge in [0, 0.05) is 16.6 Å². The average molecular weight is 256 g/mol. The summed E-state index contributed by atoms with van der Waals surface area (Å²) in [5, 5.41) is 11.6. The number of Topliss-reactive ketones (excluding diaryl/α,β-unsaturated/α-hetero) is 1. The van der Waals surface area contributed by atoms with Gasteiger partial charge in [-0.15, -0.1) is 11.3 Å². The fourth-order valence-corrected chi connectivity index (χ4v) is 2.53. The van der Waals surface area contributed by atoms with E-state index in [1.807, 2.05) is 37.4 Å². The Kier molecular flexibility index (Phi) is 3.54. The smallest absolute Gasteiger partial charge is 0.186 e. The maximum atomic E-state index is 12.3. The second-order valence-corrected chi connectivity index (χ2v) is 5.01. The van der Waals surface area contributed by atoms with Crippen molar-refractivity contribution >= 4 is 17.1 Å². The summed E-state index contributed by atoms with van der Waals surface area (Å²) in [6, 6.07) is 9.33. The Morgan fingerprint density at radius 2 is 2.22 bits per heavy atom. The highest BCUT2D eigenvalue weighted by molar-refractivity contribution is 7.10. The average Bonchev–Trinajstić information content (AvgIpc) is 2.76. The van der Waals surface area contributed by atoms with Crippen LogP contribution in [-0.2, 0) is 0 Å². The van der Waals surface area contributed by atoms with Gasteiger partial charge in [0.2, 0.25) is 0 Å². The number of hydrogen-bond donors (Lipinski definition) is 0. The third-order valence-corrected chi connectivity index (χ3v) is 3.61. The zero-order chi connectivity index (χ0) is 13.1. The molecule has 0 saturated carbocycles. The fourth-order valence-electron chi connectivity index (χ4n) is 1.70. The molecule has 0 bridgehead atoms. The molecule has 0 amide bonds. The second kappa shape index (κ2) is 5.11. The van der Waals surface area contributed by atoms with Crippen molar-refractivity contribution < 1.29 is 4.79 Å². The number of benzene rings is 1. The Balaban J connectivity index is 2.35. The predicted octanol–water partition coefficient (Wildman–Crippen LogP) is 3.25. The van der Waals surface area contributed by atoms with Crippen molar-refractivity contribution in [2.24, 2.45) is 0 Å². The number of ketones is 1. The van der Waals surface area contributed by atoms with Crippen LogP contribution in [0, 0.1) is 25.2 Å². The van der Waals surface area contributed by atoms with Crippen LogP contribution in [0.1, 0.15) is 32.5 Å². The van der Waals surface area contributed by atoms with Gasteiger partial charge in [-0.2, -0.15) is 5.26 Å². The van der Waals surface area contributed by atoms with E-state index in [0.717, 1.165) is 11.3 Å². The van der Waals surface area contributed by atoms with E-state index < -0.39 is 5.92 Å². The van der Waals surface area contributed by atoms with Crippen LogP contribution in [0.2, 0.25) is 0 Å². The van der Waals surface area contributed by atoms with E-state index in [9.17, 15) is 10.1 Å². The molecule has 90 valence electrons. The summed E-state index contributed by atoms with van der Waals surface area (Å²) in [4.78, 5) is 16.5. The highest BCUT2D eigenvalue weighted by Crippen LogP contribution is 2.24. The Morgan fingerprint density at radius 3 is 2.78 bits per heavy atom. The van der Waals surface area contributed by atoms with E-state index in [1.165, 1.54) is 11.3 Å². The lowest BCUT2D eigenvalue weighted by molar-refractivity contribution is 0.0978. The zero-order valence-corrected chi connectivity index (χ0v) is 11.0. The van der Waals surface area contributed by atoms with Crippen molar-refractivity contribution in [2.75, 3.05) is 0 Å². The van der Waals surface area contributed by atoms with Gasteiger partial charge in [-0.25, -0.2) is 4.98 Å². The van der Waals surface area contributed by atoms with Crippen molar-refractivity contribution in [3.05, 3.63) is 51.5 Å². The molecule has 0 aliphatic carbocycles. The van der Waals surface area contributed by atoms with Gasteiger partial charge in [0.05, 0.1) is 6.07 Å². The van der Waals surface area contributed by atoms with Crippen LogP contribution in [0.4, 0.5) is 0 Å². The standard InChI is InChI=1S/C14H12N2OS/c1-9-4-3-5-11(6-9)13(17)12(7-15)14-16-10(2)8-18-14/h3-6,8,12H,1-2H3. The third-order valence-electron chi connectivity index (χ3n) is 2.58. The Hall–Kier alpha value is -1.99. The number of aromatic nitrogens is 1. The summed E-state index contributed by atoms with van der Waals surface area (Å²) in [7, 11) is 0. The molecular weight excluding hydrogens is 244 g/mol. The second-order valence-electron chi connectivity index (χ2n) is 4.12. The van der Waals surface area contributed by atoms with Gasteiger partial charge < -0.3 is 0 Å². The molecule has 3 nitrogen and oxygen atoms in total. The highest BCUT2D eigenvalue weighted by Gasteiger charge is 2.24. The number of nitriles is 1. The van der Waals surface area contributed by atoms with Crippen LogP contribution in [-0.4, -0.2) is 10.8 Å². The van der Waals surface area contributed by atoms with Crippen LogP contribution in [0.15, 0.2) is 29.6 Å². The largest absolute Gasteiger partial charge is 0.292 e. The summed E-state index contributed by atoms with van der Waals surface area (Å²) >= 11 is 1.35. The molecule has 1 aromatic carbocycles. The Morgan fingerprint density at radius 1 is 1.44 bits per heavy atom. The summed E-state index contributed by atoms with van der Waals surface area (Å²) in [5.41, 5.74) is 2.41. The van der Waals surface area contributed by atoms with E-state index in [-0.39, 0.29) is 5.78 Å². The molecule has 18 heavy (non-hydrogen) atoms. The SMILES string of the molecule is Cc1cccc(C(=O)C(C#N)c2nc(C)cs2)c1. The van der Waals surface area contributed by atoms with Gasteiger partial charge >= 0.3 is 0 Å². The number of thiazole rings is 1. The molecule has 0 aliphatic heterocycles. The van der Waals surface area contributed by atoms with Gasteiger partial charge in [-0.3, -0.25) is 4.79 Å².